The molecule has 0 spiro atoms. The van der Waals surface area contributed by atoms with Crippen LogP contribution in [0, 0.1) is 0 Å². The van der Waals surface area contributed by atoms with E-state index in [1.54, 1.807) is 0 Å². The van der Waals surface area contributed by atoms with Crippen LogP contribution >= 0.6 is 0 Å². The number of hydrogen-bond donors (Lipinski definition) is 2. The molecule has 0 aromatic rings. The van der Waals surface area contributed by atoms with Crippen molar-refractivity contribution in [1.82, 2.24) is 10.6 Å². The van der Waals surface area contributed by atoms with E-state index in [1.807, 2.05) is 5.32 Å². The van der Waals surface area contributed by atoms with Gasteiger partial charge in [-0.05, 0) is 0 Å². The first-order chi connectivity index (χ1) is 6.15. The van der Waals surface area contributed by atoms with Gasteiger partial charge < -0.3 is 15.4 Å². The fourth-order valence-corrected chi connectivity index (χ4v) is 0.536. The highest BCUT2D eigenvalue weighted by atomic mass is 16.5. The number of amides is 2. The zero-order valence-corrected chi connectivity index (χ0v) is 7.29. The normalized spacial score (nSPS) is 10.2. The number of carbonyl (C=O) groups excluding carboxylic acids is 3. The molecular weight excluding hydrogens is 176 g/mol. The van der Waals surface area contributed by atoms with Gasteiger partial charge in [-0.3, -0.25) is 9.59 Å². The van der Waals surface area contributed by atoms with Gasteiger partial charge in [0.15, 0.2) is 0 Å². The van der Waals surface area contributed by atoms with Crippen LogP contribution in [0.15, 0.2) is 11.8 Å². The Morgan fingerprint density at radius 1 is 1.38 bits per heavy atom. The lowest BCUT2D eigenvalue weighted by Gasteiger charge is -2.01. The van der Waals surface area contributed by atoms with Crippen molar-refractivity contribution in [2.24, 2.45) is 0 Å². The third kappa shape index (κ3) is 3.90. The molecule has 0 aliphatic heterocycles. The molecule has 0 heterocycles. The SMILES string of the molecule is CNC(=O)/C=C(\NC=O)C(=O)OC. The van der Waals surface area contributed by atoms with E-state index < -0.39 is 11.9 Å². The molecule has 0 unspecified atom stereocenters. The molecule has 0 aromatic carbocycles. The number of nitrogens with one attached hydrogen (secondary N) is 2. The maximum Gasteiger partial charge on any atom is 0.354 e. The molecule has 72 valence electrons. The van der Waals surface area contributed by atoms with E-state index in [2.05, 4.69) is 10.1 Å². The van der Waals surface area contributed by atoms with Crippen molar-refractivity contribution in [2.45, 2.75) is 0 Å². The molecule has 13 heavy (non-hydrogen) atoms. The lowest BCUT2D eigenvalue weighted by atomic mass is 10.4. The molecule has 0 rings (SSSR count). The van der Waals surface area contributed by atoms with Crippen molar-refractivity contribution in [1.29, 1.82) is 0 Å². The first-order valence-electron chi connectivity index (χ1n) is 3.37. The van der Waals surface area contributed by atoms with Crippen molar-refractivity contribution < 1.29 is 19.1 Å². The summed E-state index contributed by atoms with van der Waals surface area (Å²) in [5.41, 5.74) is -0.211. The number of esters is 1. The predicted octanol–water partition coefficient (Wildman–Crippen LogP) is -1.46. The summed E-state index contributed by atoms with van der Waals surface area (Å²) < 4.78 is 4.30. The van der Waals surface area contributed by atoms with Gasteiger partial charge in [0.05, 0.1) is 7.11 Å². The van der Waals surface area contributed by atoms with Crippen molar-refractivity contribution >= 4 is 18.3 Å². The summed E-state index contributed by atoms with van der Waals surface area (Å²) in [6, 6.07) is 0. The third-order valence-corrected chi connectivity index (χ3v) is 1.14. The van der Waals surface area contributed by atoms with Crippen LogP contribution in [0.4, 0.5) is 0 Å². The van der Waals surface area contributed by atoms with E-state index in [9.17, 15) is 14.4 Å². The summed E-state index contributed by atoms with van der Waals surface area (Å²) >= 11 is 0. The average Bonchev–Trinajstić information content (AvgIpc) is 2.15. The summed E-state index contributed by atoms with van der Waals surface area (Å²) in [5, 5.41) is 4.30. The molecule has 6 heteroatoms. The van der Waals surface area contributed by atoms with E-state index in [1.165, 1.54) is 7.05 Å². The zero-order chi connectivity index (χ0) is 10.3. The molecule has 0 bridgehead atoms. The average molecular weight is 186 g/mol. The predicted molar refractivity (Wildman–Crippen MR) is 43.4 cm³/mol. The Morgan fingerprint density at radius 2 is 2.00 bits per heavy atom. The molecule has 2 amide bonds. The van der Waals surface area contributed by atoms with Gasteiger partial charge in [-0.15, -0.1) is 0 Å². The molecular formula is C7H10N2O4. The second-order valence-corrected chi connectivity index (χ2v) is 1.93. The Kier molecular flexibility index (Phi) is 4.94. The van der Waals surface area contributed by atoms with Gasteiger partial charge in [0.2, 0.25) is 12.3 Å². The number of carbonyl (C=O) groups is 3. The number of methoxy groups -OCH3 is 1. The lowest BCUT2D eigenvalue weighted by molar-refractivity contribution is -0.137. The van der Waals surface area contributed by atoms with Crippen LogP contribution in [0.25, 0.3) is 0 Å². The largest absolute Gasteiger partial charge is 0.464 e. The summed E-state index contributed by atoms with van der Waals surface area (Å²) in [7, 11) is 2.54. The van der Waals surface area contributed by atoms with E-state index in [4.69, 9.17) is 0 Å². The first-order valence-corrected chi connectivity index (χ1v) is 3.37. The monoisotopic (exact) mass is 186 g/mol. The van der Waals surface area contributed by atoms with Gasteiger partial charge >= 0.3 is 5.97 Å². The number of rotatable bonds is 4. The molecule has 0 saturated carbocycles. The van der Waals surface area contributed by atoms with E-state index in [-0.39, 0.29) is 12.1 Å². The molecule has 0 aliphatic carbocycles. The maximum atomic E-state index is 10.9. The van der Waals surface area contributed by atoms with Gasteiger partial charge in [-0.1, -0.05) is 0 Å². The van der Waals surface area contributed by atoms with Crippen LogP contribution in [-0.4, -0.2) is 32.4 Å². The minimum absolute atomic E-state index is 0.211. The second-order valence-electron chi connectivity index (χ2n) is 1.93. The van der Waals surface area contributed by atoms with Crippen molar-refractivity contribution in [3.05, 3.63) is 11.8 Å². The van der Waals surface area contributed by atoms with Crippen LogP contribution < -0.4 is 10.6 Å². The van der Waals surface area contributed by atoms with Gasteiger partial charge in [-0.25, -0.2) is 4.79 Å². The lowest BCUT2D eigenvalue weighted by Crippen LogP contribution is -2.24. The summed E-state index contributed by atoms with van der Waals surface area (Å²) in [5.74, 6) is -1.29. The Morgan fingerprint density at radius 3 is 2.38 bits per heavy atom. The Hall–Kier alpha value is -1.85. The summed E-state index contributed by atoms with van der Waals surface area (Å²) in [6.07, 6.45) is 1.21. The van der Waals surface area contributed by atoms with Crippen molar-refractivity contribution in [2.75, 3.05) is 14.2 Å². The van der Waals surface area contributed by atoms with Crippen molar-refractivity contribution in [3.63, 3.8) is 0 Å². The molecule has 0 aliphatic rings. The fraction of sp³-hybridized carbons (Fsp3) is 0.286. The second kappa shape index (κ2) is 5.76. The van der Waals surface area contributed by atoms with Crippen LogP contribution in [0.1, 0.15) is 0 Å². The Bertz CT molecular complexity index is 247. The van der Waals surface area contributed by atoms with Crippen LogP contribution in [0.5, 0.6) is 0 Å². The van der Waals surface area contributed by atoms with Crippen LogP contribution in [-0.2, 0) is 19.1 Å². The van der Waals surface area contributed by atoms with E-state index in [0.717, 1.165) is 13.2 Å². The number of hydrogen-bond acceptors (Lipinski definition) is 4. The molecule has 0 atom stereocenters. The van der Waals surface area contributed by atoms with E-state index >= 15 is 0 Å². The molecule has 2 N–H and O–H groups in total. The highest BCUT2D eigenvalue weighted by Crippen LogP contribution is 1.90. The first kappa shape index (κ1) is 11.2. The van der Waals surface area contributed by atoms with Gasteiger partial charge in [0, 0.05) is 13.1 Å². The molecule has 0 aromatic heterocycles. The topological polar surface area (TPSA) is 84.5 Å². The standard InChI is InChI=1S/C7H10N2O4/c1-8-6(11)3-5(9-4-10)7(12)13-2/h3-4H,1-2H3,(H,8,11)(H,9,10)/b5-3-. The minimum Gasteiger partial charge on any atom is -0.464 e. The third-order valence-electron chi connectivity index (χ3n) is 1.14. The summed E-state index contributed by atoms with van der Waals surface area (Å²) in [6.45, 7) is 0. The number of likely N-dealkylation sites (N-methyl/N-ethyl adjacent to an activating group) is 1. The van der Waals surface area contributed by atoms with Crippen LogP contribution in [0.3, 0.4) is 0 Å². The van der Waals surface area contributed by atoms with Crippen LogP contribution in [0.2, 0.25) is 0 Å². The van der Waals surface area contributed by atoms with E-state index in [0.29, 0.717) is 0 Å². The highest BCUT2D eigenvalue weighted by Gasteiger charge is 2.09. The molecule has 0 saturated heterocycles. The molecule has 6 nitrogen and oxygen atoms in total. The minimum atomic E-state index is -0.782. The van der Waals surface area contributed by atoms with Gasteiger partial charge in [0.1, 0.15) is 5.70 Å². The molecule has 0 fully saturated rings. The fourth-order valence-electron chi connectivity index (χ4n) is 0.536. The highest BCUT2D eigenvalue weighted by molar-refractivity contribution is 5.99. The maximum absolute atomic E-state index is 10.9. The smallest absolute Gasteiger partial charge is 0.354 e. The van der Waals surface area contributed by atoms with Gasteiger partial charge in [0.25, 0.3) is 0 Å². The molecule has 0 radical (unpaired) electrons. The van der Waals surface area contributed by atoms with Crippen molar-refractivity contribution in [3.8, 4) is 0 Å². The number of ether oxygens (including phenoxy) is 1. The Balaban J connectivity index is 4.57. The quantitative estimate of drug-likeness (QED) is 0.319. The Labute approximate surface area is 74.9 Å². The zero-order valence-electron chi connectivity index (χ0n) is 7.29. The van der Waals surface area contributed by atoms with Gasteiger partial charge in [-0.2, -0.15) is 0 Å². The summed E-state index contributed by atoms with van der Waals surface area (Å²) in [4.78, 5) is 31.6.